The summed E-state index contributed by atoms with van der Waals surface area (Å²) in [6.07, 6.45) is 0. The SMILES string of the molecule is Cc1oc(C)c(C(=O)N(C)Cc2ccc(F)cc2)c1C. The first kappa shape index (κ1) is 14.3. The Labute approximate surface area is 118 Å². The molecular formula is C16H18FNO2. The van der Waals surface area contributed by atoms with Gasteiger partial charge in [0.25, 0.3) is 5.91 Å². The molecule has 0 atom stereocenters. The number of carbonyl (C=O) groups excluding carboxylic acids is 1. The number of hydrogen-bond acceptors (Lipinski definition) is 2. The van der Waals surface area contributed by atoms with Crippen LogP contribution < -0.4 is 0 Å². The van der Waals surface area contributed by atoms with E-state index in [1.54, 1.807) is 31.0 Å². The molecule has 4 heteroatoms. The van der Waals surface area contributed by atoms with Crippen molar-refractivity contribution < 1.29 is 13.6 Å². The maximum Gasteiger partial charge on any atom is 0.257 e. The van der Waals surface area contributed by atoms with Crippen LogP contribution >= 0.6 is 0 Å². The highest BCUT2D eigenvalue weighted by Gasteiger charge is 2.21. The molecule has 0 aliphatic heterocycles. The van der Waals surface area contributed by atoms with E-state index in [1.807, 2.05) is 13.8 Å². The van der Waals surface area contributed by atoms with Crippen molar-refractivity contribution in [3.8, 4) is 0 Å². The predicted octanol–water partition coefficient (Wildman–Crippen LogP) is 3.62. The number of rotatable bonds is 3. The fourth-order valence-electron chi connectivity index (χ4n) is 2.23. The molecule has 0 aliphatic carbocycles. The second kappa shape index (κ2) is 5.49. The molecule has 1 aromatic carbocycles. The van der Waals surface area contributed by atoms with Crippen molar-refractivity contribution in [3.63, 3.8) is 0 Å². The molecule has 0 bridgehead atoms. The van der Waals surface area contributed by atoms with E-state index >= 15 is 0 Å². The van der Waals surface area contributed by atoms with Crippen LogP contribution in [0.5, 0.6) is 0 Å². The number of nitrogens with zero attached hydrogens (tertiary/aromatic N) is 1. The van der Waals surface area contributed by atoms with E-state index in [-0.39, 0.29) is 11.7 Å². The van der Waals surface area contributed by atoms with Gasteiger partial charge in [0.1, 0.15) is 17.3 Å². The Kier molecular flexibility index (Phi) is 3.93. The Balaban J connectivity index is 2.18. The number of aryl methyl sites for hydroxylation is 2. The lowest BCUT2D eigenvalue weighted by Gasteiger charge is -2.17. The van der Waals surface area contributed by atoms with Crippen LogP contribution in [0.25, 0.3) is 0 Å². The molecular weight excluding hydrogens is 257 g/mol. The van der Waals surface area contributed by atoms with E-state index < -0.39 is 0 Å². The molecule has 0 spiro atoms. The van der Waals surface area contributed by atoms with Crippen molar-refractivity contribution in [2.24, 2.45) is 0 Å². The summed E-state index contributed by atoms with van der Waals surface area (Å²) in [7, 11) is 1.73. The molecule has 0 aliphatic rings. The zero-order valence-corrected chi connectivity index (χ0v) is 12.2. The Hall–Kier alpha value is -2.10. The third kappa shape index (κ3) is 2.74. The minimum atomic E-state index is -0.278. The number of furan rings is 1. The summed E-state index contributed by atoms with van der Waals surface area (Å²) in [4.78, 5) is 14.1. The molecule has 0 saturated heterocycles. The van der Waals surface area contributed by atoms with E-state index in [9.17, 15) is 9.18 Å². The van der Waals surface area contributed by atoms with Gasteiger partial charge >= 0.3 is 0 Å². The van der Waals surface area contributed by atoms with Crippen LogP contribution in [0, 0.1) is 26.6 Å². The van der Waals surface area contributed by atoms with Crippen LogP contribution in [0.1, 0.15) is 33.0 Å². The van der Waals surface area contributed by atoms with Gasteiger partial charge < -0.3 is 9.32 Å². The zero-order valence-electron chi connectivity index (χ0n) is 12.2. The van der Waals surface area contributed by atoms with Crippen molar-refractivity contribution in [2.45, 2.75) is 27.3 Å². The van der Waals surface area contributed by atoms with Gasteiger partial charge in [0.05, 0.1) is 5.56 Å². The molecule has 1 aromatic heterocycles. The van der Waals surface area contributed by atoms with Gasteiger partial charge in [-0.3, -0.25) is 4.79 Å². The summed E-state index contributed by atoms with van der Waals surface area (Å²) in [6.45, 7) is 5.95. The number of carbonyl (C=O) groups is 1. The molecule has 20 heavy (non-hydrogen) atoms. The lowest BCUT2D eigenvalue weighted by molar-refractivity contribution is 0.0782. The van der Waals surface area contributed by atoms with Crippen molar-refractivity contribution in [2.75, 3.05) is 7.05 Å². The van der Waals surface area contributed by atoms with Gasteiger partial charge in [0.2, 0.25) is 0 Å². The normalized spacial score (nSPS) is 10.7. The highest BCUT2D eigenvalue weighted by atomic mass is 19.1. The summed E-state index contributed by atoms with van der Waals surface area (Å²) in [5.74, 6) is 1.04. The van der Waals surface area contributed by atoms with Crippen molar-refractivity contribution in [1.29, 1.82) is 0 Å². The van der Waals surface area contributed by atoms with Crippen molar-refractivity contribution >= 4 is 5.91 Å². The van der Waals surface area contributed by atoms with Gasteiger partial charge in [-0.25, -0.2) is 4.39 Å². The number of halogens is 1. The third-order valence-electron chi connectivity index (χ3n) is 3.45. The number of hydrogen-bond donors (Lipinski definition) is 0. The van der Waals surface area contributed by atoms with Gasteiger partial charge in [-0.05, 0) is 38.5 Å². The molecule has 1 amide bonds. The van der Waals surface area contributed by atoms with E-state index in [2.05, 4.69) is 0 Å². The van der Waals surface area contributed by atoms with Crippen LogP contribution in [0.15, 0.2) is 28.7 Å². The highest BCUT2D eigenvalue weighted by Crippen LogP contribution is 2.22. The predicted molar refractivity (Wildman–Crippen MR) is 75.1 cm³/mol. The first-order chi connectivity index (χ1) is 9.40. The minimum Gasteiger partial charge on any atom is -0.466 e. The molecule has 0 N–H and O–H groups in total. The van der Waals surface area contributed by atoms with Crippen LogP contribution in [0.2, 0.25) is 0 Å². The first-order valence-electron chi connectivity index (χ1n) is 6.46. The molecule has 0 unspecified atom stereocenters. The maximum absolute atomic E-state index is 12.9. The van der Waals surface area contributed by atoms with Gasteiger partial charge in [0, 0.05) is 19.2 Å². The van der Waals surface area contributed by atoms with E-state index in [0.717, 1.165) is 16.9 Å². The standard InChI is InChI=1S/C16H18FNO2/c1-10-11(2)20-12(3)15(10)16(19)18(4)9-13-5-7-14(17)8-6-13/h5-8H,9H2,1-4H3. The zero-order chi connectivity index (χ0) is 14.9. The average molecular weight is 275 g/mol. The van der Waals surface area contributed by atoms with E-state index in [4.69, 9.17) is 4.42 Å². The lowest BCUT2D eigenvalue weighted by atomic mass is 10.1. The van der Waals surface area contributed by atoms with Gasteiger partial charge in [-0.15, -0.1) is 0 Å². The third-order valence-corrected chi connectivity index (χ3v) is 3.45. The largest absolute Gasteiger partial charge is 0.466 e. The van der Waals surface area contributed by atoms with Crippen LogP contribution in [0.3, 0.4) is 0 Å². The molecule has 2 rings (SSSR count). The molecule has 1 heterocycles. The summed E-state index contributed by atoms with van der Waals surface area (Å²) in [5.41, 5.74) is 2.38. The van der Waals surface area contributed by atoms with Gasteiger partial charge in [-0.2, -0.15) is 0 Å². The molecule has 2 aromatic rings. The Morgan fingerprint density at radius 2 is 1.75 bits per heavy atom. The van der Waals surface area contributed by atoms with Crippen molar-refractivity contribution in [1.82, 2.24) is 4.90 Å². The van der Waals surface area contributed by atoms with Crippen LogP contribution in [-0.4, -0.2) is 17.9 Å². The molecule has 0 radical (unpaired) electrons. The quantitative estimate of drug-likeness (QED) is 0.857. The summed E-state index contributed by atoms with van der Waals surface area (Å²) in [5, 5.41) is 0. The summed E-state index contributed by atoms with van der Waals surface area (Å²) >= 11 is 0. The smallest absolute Gasteiger partial charge is 0.257 e. The topological polar surface area (TPSA) is 33.5 Å². The fourth-order valence-corrected chi connectivity index (χ4v) is 2.23. The molecule has 3 nitrogen and oxygen atoms in total. The first-order valence-corrected chi connectivity index (χ1v) is 6.46. The molecule has 106 valence electrons. The van der Waals surface area contributed by atoms with Crippen molar-refractivity contribution in [3.05, 3.63) is 58.3 Å². The second-order valence-electron chi connectivity index (χ2n) is 5.00. The van der Waals surface area contributed by atoms with Crippen LogP contribution in [-0.2, 0) is 6.54 Å². The monoisotopic (exact) mass is 275 g/mol. The molecule has 0 fully saturated rings. The van der Waals surface area contributed by atoms with Gasteiger partial charge in [0.15, 0.2) is 0 Å². The fraction of sp³-hybridized carbons (Fsp3) is 0.312. The van der Waals surface area contributed by atoms with E-state index in [0.29, 0.717) is 17.9 Å². The Morgan fingerprint density at radius 3 is 2.25 bits per heavy atom. The Bertz CT molecular complexity index is 629. The average Bonchev–Trinajstić information content (AvgIpc) is 2.65. The highest BCUT2D eigenvalue weighted by molar-refractivity contribution is 5.96. The summed E-state index contributed by atoms with van der Waals surface area (Å²) in [6, 6.07) is 6.15. The number of amides is 1. The minimum absolute atomic E-state index is 0.0822. The van der Waals surface area contributed by atoms with E-state index in [1.165, 1.54) is 12.1 Å². The molecule has 0 saturated carbocycles. The maximum atomic E-state index is 12.9. The second-order valence-corrected chi connectivity index (χ2v) is 5.00. The van der Waals surface area contributed by atoms with Gasteiger partial charge in [-0.1, -0.05) is 12.1 Å². The lowest BCUT2D eigenvalue weighted by Crippen LogP contribution is -2.27. The Morgan fingerprint density at radius 1 is 1.15 bits per heavy atom. The number of benzene rings is 1. The van der Waals surface area contributed by atoms with Crippen LogP contribution in [0.4, 0.5) is 4.39 Å². The summed E-state index contributed by atoms with van der Waals surface area (Å²) < 4.78 is 18.3.